The lowest BCUT2D eigenvalue weighted by Crippen LogP contribution is -2.00. The molecule has 0 aliphatic heterocycles. The third-order valence-corrected chi connectivity index (χ3v) is 13.5. The highest BCUT2D eigenvalue weighted by atomic mass is 32.1. The van der Waals surface area contributed by atoms with E-state index in [9.17, 15) is 0 Å². The van der Waals surface area contributed by atoms with Crippen LogP contribution in [0.1, 0.15) is 0 Å². The van der Waals surface area contributed by atoms with Crippen molar-refractivity contribution < 1.29 is 0 Å². The minimum Gasteiger partial charge on any atom is -0.309 e. The van der Waals surface area contributed by atoms with Gasteiger partial charge in [0.05, 0.1) is 11.0 Å². The summed E-state index contributed by atoms with van der Waals surface area (Å²) in [6.07, 6.45) is 0. The fourth-order valence-electron chi connectivity index (χ4n) is 8.48. The average Bonchev–Trinajstić information content (AvgIpc) is 3.96. The van der Waals surface area contributed by atoms with Gasteiger partial charge in [0.15, 0.2) is 17.5 Å². The lowest BCUT2D eigenvalue weighted by molar-refractivity contribution is 1.08. The molecule has 0 saturated heterocycles. The zero-order chi connectivity index (χ0) is 37.5. The van der Waals surface area contributed by atoms with E-state index < -0.39 is 0 Å². The maximum atomic E-state index is 5.11. The van der Waals surface area contributed by atoms with Crippen molar-refractivity contribution in [3.05, 3.63) is 182 Å². The topological polar surface area (TPSA) is 43.6 Å². The standard InChI is InChI=1S/C51H30N4S2/c1-4-14-31(15-5-1)49-52-50(32-16-6-2-7-17-32)54-51(53-49)40-24-13-23-38-37-22-12-21-35(47(37)57-48(38)40)33-26-28-42-41(30-33)36-27-29-44-45(39-20-10-11-25-43(39)56-44)46(36)55(42)34-18-8-3-9-19-34/h1-30H. The summed E-state index contributed by atoms with van der Waals surface area (Å²) in [6, 6.07) is 64.8. The van der Waals surface area contributed by atoms with Crippen molar-refractivity contribution in [3.8, 4) is 51.0 Å². The van der Waals surface area contributed by atoms with Gasteiger partial charge in [-0.15, -0.1) is 22.7 Å². The van der Waals surface area contributed by atoms with E-state index in [1.807, 2.05) is 59.1 Å². The van der Waals surface area contributed by atoms with E-state index in [0.717, 1.165) is 27.1 Å². The van der Waals surface area contributed by atoms with Crippen molar-refractivity contribution >= 4 is 84.8 Å². The number of fused-ring (bicyclic) bond motifs is 10. The van der Waals surface area contributed by atoms with E-state index in [1.165, 1.54) is 68.6 Å². The smallest absolute Gasteiger partial charge is 0.165 e. The van der Waals surface area contributed by atoms with Gasteiger partial charge in [-0.2, -0.15) is 0 Å². The van der Waals surface area contributed by atoms with E-state index in [2.05, 4.69) is 150 Å². The van der Waals surface area contributed by atoms with Gasteiger partial charge in [0, 0.05) is 73.5 Å². The van der Waals surface area contributed by atoms with Crippen LogP contribution in [-0.4, -0.2) is 19.5 Å². The molecule has 0 aliphatic rings. The molecular weight excluding hydrogens is 733 g/mol. The SMILES string of the molecule is c1ccc(-c2nc(-c3ccccc3)nc(-c3cccc4c3sc3c(-c5ccc6c(c5)c5ccc7sc8ccccc8c7c5n6-c5ccccc5)cccc34)n2)cc1. The molecule has 57 heavy (non-hydrogen) atoms. The molecule has 0 bridgehead atoms. The Bertz CT molecular complexity index is 3450. The van der Waals surface area contributed by atoms with Crippen LogP contribution in [0.5, 0.6) is 0 Å². The third-order valence-electron chi connectivity index (χ3n) is 11.1. The van der Waals surface area contributed by atoms with E-state index in [-0.39, 0.29) is 0 Å². The van der Waals surface area contributed by atoms with Crippen molar-refractivity contribution in [3.63, 3.8) is 0 Å². The number of rotatable bonds is 5. The Labute approximate surface area is 335 Å². The highest BCUT2D eigenvalue weighted by Gasteiger charge is 2.21. The number of hydrogen-bond acceptors (Lipinski definition) is 5. The maximum Gasteiger partial charge on any atom is 0.165 e. The van der Waals surface area contributed by atoms with E-state index in [0.29, 0.717) is 17.5 Å². The molecule has 0 saturated carbocycles. The van der Waals surface area contributed by atoms with E-state index in [4.69, 9.17) is 15.0 Å². The van der Waals surface area contributed by atoms with Gasteiger partial charge in [0.1, 0.15) is 0 Å². The normalized spacial score (nSPS) is 11.9. The fraction of sp³-hybridized carbons (Fsp3) is 0. The number of thiophene rings is 2. The van der Waals surface area contributed by atoms with E-state index in [1.54, 1.807) is 0 Å². The minimum absolute atomic E-state index is 0.661. The van der Waals surface area contributed by atoms with Crippen LogP contribution < -0.4 is 0 Å². The zero-order valence-electron chi connectivity index (χ0n) is 30.4. The van der Waals surface area contributed by atoms with Gasteiger partial charge < -0.3 is 4.57 Å². The first-order chi connectivity index (χ1) is 28.3. The molecule has 0 unspecified atom stereocenters. The zero-order valence-corrected chi connectivity index (χ0v) is 32.1. The molecule has 0 radical (unpaired) electrons. The molecular formula is C51H30N4S2. The molecule has 8 aromatic carbocycles. The van der Waals surface area contributed by atoms with Crippen LogP contribution in [0.15, 0.2) is 182 Å². The van der Waals surface area contributed by atoms with Gasteiger partial charge in [-0.05, 0) is 53.6 Å². The van der Waals surface area contributed by atoms with Crippen LogP contribution in [0, 0.1) is 0 Å². The van der Waals surface area contributed by atoms with Crippen molar-refractivity contribution in [2.45, 2.75) is 0 Å². The maximum absolute atomic E-state index is 5.11. The van der Waals surface area contributed by atoms with Crippen LogP contribution in [0.25, 0.3) is 113 Å². The summed E-state index contributed by atoms with van der Waals surface area (Å²) in [5, 5.41) is 7.56. The van der Waals surface area contributed by atoms with Crippen molar-refractivity contribution in [1.82, 2.24) is 19.5 Å². The first-order valence-corrected chi connectivity index (χ1v) is 20.7. The van der Waals surface area contributed by atoms with Crippen LogP contribution in [0.2, 0.25) is 0 Å². The molecule has 12 aromatic rings. The summed E-state index contributed by atoms with van der Waals surface area (Å²) >= 11 is 3.69. The predicted octanol–water partition coefficient (Wildman–Crippen LogP) is 14.4. The van der Waals surface area contributed by atoms with Crippen LogP contribution >= 0.6 is 22.7 Å². The molecule has 0 fully saturated rings. The Hall–Kier alpha value is -6.99. The lowest BCUT2D eigenvalue weighted by Gasteiger charge is -2.09. The average molecular weight is 763 g/mol. The van der Waals surface area contributed by atoms with Crippen molar-refractivity contribution in [2.24, 2.45) is 0 Å². The van der Waals surface area contributed by atoms with Gasteiger partial charge >= 0.3 is 0 Å². The first-order valence-electron chi connectivity index (χ1n) is 19.0. The van der Waals surface area contributed by atoms with Crippen LogP contribution in [-0.2, 0) is 0 Å². The number of hydrogen-bond donors (Lipinski definition) is 0. The summed E-state index contributed by atoms with van der Waals surface area (Å²) in [5.41, 5.74) is 8.96. The molecule has 0 N–H and O–H groups in total. The number of para-hydroxylation sites is 1. The molecule has 0 spiro atoms. The molecule has 4 nitrogen and oxygen atoms in total. The summed E-state index contributed by atoms with van der Waals surface area (Å²) in [7, 11) is 0. The monoisotopic (exact) mass is 762 g/mol. The Kier molecular flexibility index (Phi) is 7.24. The summed E-state index contributed by atoms with van der Waals surface area (Å²) < 4.78 is 7.49. The number of benzene rings is 8. The van der Waals surface area contributed by atoms with Gasteiger partial charge in [0.2, 0.25) is 0 Å². The number of aromatic nitrogens is 4. The molecule has 6 heteroatoms. The van der Waals surface area contributed by atoms with Gasteiger partial charge in [0.25, 0.3) is 0 Å². The van der Waals surface area contributed by atoms with E-state index >= 15 is 0 Å². The van der Waals surface area contributed by atoms with Gasteiger partial charge in [-0.25, -0.2) is 15.0 Å². The highest BCUT2D eigenvalue weighted by Crippen LogP contribution is 2.46. The molecule has 0 aliphatic carbocycles. The molecule has 266 valence electrons. The van der Waals surface area contributed by atoms with Crippen LogP contribution in [0.3, 0.4) is 0 Å². The lowest BCUT2D eigenvalue weighted by atomic mass is 10.00. The fourth-order valence-corrected chi connectivity index (χ4v) is 10.9. The predicted molar refractivity (Wildman–Crippen MR) is 242 cm³/mol. The second-order valence-corrected chi connectivity index (χ2v) is 16.4. The van der Waals surface area contributed by atoms with Crippen molar-refractivity contribution in [1.29, 1.82) is 0 Å². The second-order valence-electron chi connectivity index (χ2n) is 14.3. The molecule has 0 amide bonds. The summed E-state index contributed by atoms with van der Waals surface area (Å²) in [4.78, 5) is 15.2. The Morgan fingerprint density at radius 2 is 0.965 bits per heavy atom. The molecule has 4 heterocycles. The van der Waals surface area contributed by atoms with Gasteiger partial charge in [-0.3, -0.25) is 0 Å². The summed E-state index contributed by atoms with van der Waals surface area (Å²) in [6.45, 7) is 0. The molecule has 4 aromatic heterocycles. The third kappa shape index (κ3) is 5.08. The number of nitrogens with zero attached hydrogens (tertiary/aromatic N) is 4. The Morgan fingerprint density at radius 3 is 1.68 bits per heavy atom. The summed E-state index contributed by atoms with van der Waals surface area (Å²) in [5.74, 6) is 1.99. The highest BCUT2D eigenvalue weighted by molar-refractivity contribution is 7.27. The van der Waals surface area contributed by atoms with Crippen molar-refractivity contribution in [2.75, 3.05) is 0 Å². The minimum atomic E-state index is 0.661. The quantitative estimate of drug-likeness (QED) is 0.175. The Balaban J connectivity index is 1.08. The van der Waals surface area contributed by atoms with Crippen LogP contribution in [0.4, 0.5) is 0 Å². The largest absolute Gasteiger partial charge is 0.309 e. The molecule has 12 rings (SSSR count). The Morgan fingerprint density at radius 1 is 0.368 bits per heavy atom. The first kappa shape index (κ1) is 32.3. The second kappa shape index (κ2) is 12.8. The van der Waals surface area contributed by atoms with Gasteiger partial charge in [-0.1, -0.05) is 140 Å². The molecule has 0 atom stereocenters.